The largest absolute Gasteiger partial charge is 0.326 e. The first kappa shape index (κ1) is 25.4. The summed E-state index contributed by atoms with van der Waals surface area (Å²) in [6, 6.07) is 7.37. The Morgan fingerprint density at radius 1 is 1.11 bits per heavy atom. The molecule has 1 aliphatic carbocycles. The van der Waals surface area contributed by atoms with E-state index in [1.54, 1.807) is 42.2 Å². The van der Waals surface area contributed by atoms with E-state index in [0.717, 1.165) is 11.1 Å². The van der Waals surface area contributed by atoms with Crippen LogP contribution in [0.1, 0.15) is 48.2 Å². The van der Waals surface area contributed by atoms with Crippen LogP contribution >= 0.6 is 0 Å². The average Bonchev–Trinajstić information content (AvgIpc) is 3.19. The predicted molar refractivity (Wildman–Crippen MR) is 138 cm³/mol. The number of imidazole rings is 1. The Balaban J connectivity index is 1.49. The van der Waals surface area contributed by atoms with Crippen LogP contribution in [-0.4, -0.2) is 45.5 Å². The lowest BCUT2D eigenvalue weighted by molar-refractivity contribution is 0.308. The van der Waals surface area contributed by atoms with Gasteiger partial charge in [-0.1, -0.05) is 6.92 Å². The van der Waals surface area contributed by atoms with E-state index in [1.165, 1.54) is 18.4 Å². The number of pyridine rings is 1. The third kappa shape index (κ3) is 4.87. The first-order valence-corrected chi connectivity index (χ1v) is 14.1. The third-order valence-corrected chi connectivity index (χ3v) is 9.12. The summed E-state index contributed by atoms with van der Waals surface area (Å²) in [6.45, 7) is 3.57. The summed E-state index contributed by atoms with van der Waals surface area (Å²) in [6.07, 6.45) is 8.06. The van der Waals surface area contributed by atoms with Gasteiger partial charge in [-0.05, 0) is 78.6 Å². The van der Waals surface area contributed by atoms with Crippen molar-refractivity contribution in [3.63, 3.8) is 0 Å². The normalized spacial score (nSPS) is 22.4. The van der Waals surface area contributed by atoms with E-state index in [9.17, 15) is 17.2 Å². The molecule has 1 fully saturated rings. The van der Waals surface area contributed by atoms with E-state index in [0.29, 0.717) is 36.2 Å². The molecule has 3 aromatic heterocycles. The summed E-state index contributed by atoms with van der Waals surface area (Å²) < 4.78 is 55.4. The number of nitrogens with two attached hydrogens (primary N) is 1. The summed E-state index contributed by atoms with van der Waals surface area (Å²) in [4.78, 5) is 8.83. The molecular formula is C27H29F2N5O2S. The Kier molecular flexibility index (Phi) is 6.57. The van der Waals surface area contributed by atoms with Crippen LogP contribution in [0.25, 0.3) is 16.8 Å². The molecule has 0 saturated heterocycles. The van der Waals surface area contributed by atoms with E-state index in [4.69, 9.17) is 5.73 Å². The molecule has 2 N–H and O–H groups in total. The number of hydrogen-bond acceptors (Lipinski definition) is 6. The van der Waals surface area contributed by atoms with Crippen molar-refractivity contribution in [2.75, 3.05) is 6.26 Å². The van der Waals surface area contributed by atoms with E-state index in [-0.39, 0.29) is 23.1 Å². The number of benzene rings is 1. The molecule has 0 radical (unpaired) electrons. The van der Waals surface area contributed by atoms with E-state index in [2.05, 4.69) is 15.1 Å². The summed E-state index contributed by atoms with van der Waals surface area (Å²) in [7, 11) is -3.25. The maximum atomic E-state index is 14.6. The molecule has 194 valence electrons. The number of aryl methyl sites for hydroxylation is 1. The number of sulfone groups is 1. The maximum absolute atomic E-state index is 14.6. The van der Waals surface area contributed by atoms with Gasteiger partial charge in [0.2, 0.25) is 0 Å². The molecule has 37 heavy (non-hydrogen) atoms. The maximum Gasteiger partial charge on any atom is 0.152 e. The molecule has 0 aliphatic heterocycles. The molecule has 0 unspecified atom stereocenters. The Bertz CT molecular complexity index is 1550. The van der Waals surface area contributed by atoms with Gasteiger partial charge in [-0.15, -0.1) is 0 Å². The number of aromatic nitrogens is 4. The fourth-order valence-corrected chi connectivity index (χ4v) is 7.54. The van der Waals surface area contributed by atoms with Gasteiger partial charge in [0.25, 0.3) is 0 Å². The minimum Gasteiger partial charge on any atom is -0.326 e. The predicted octanol–water partition coefficient (Wildman–Crippen LogP) is 4.22. The molecular weight excluding hydrogens is 496 g/mol. The van der Waals surface area contributed by atoms with Gasteiger partial charge >= 0.3 is 0 Å². The van der Waals surface area contributed by atoms with Crippen molar-refractivity contribution in [3.05, 3.63) is 83.1 Å². The summed E-state index contributed by atoms with van der Waals surface area (Å²) in [5.74, 6) is -0.750. The molecule has 10 heteroatoms. The zero-order valence-electron chi connectivity index (χ0n) is 20.9. The summed E-state index contributed by atoms with van der Waals surface area (Å²) in [5, 5.41) is 3.96. The fourth-order valence-electron chi connectivity index (χ4n) is 5.84. The number of nitrogens with zero attached hydrogens (tertiary/aromatic N) is 4. The molecule has 4 atom stereocenters. The van der Waals surface area contributed by atoms with E-state index < -0.39 is 32.8 Å². The molecule has 1 aliphatic rings. The minimum absolute atomic E-state index is 0.0755. The zero-order chi connectivity index (χ0) is 26.5. The molecule has 5 rings (SSSR count). The zero-order valence-corrected chi connectivity index (χ0v) is 21.7. The molecule has 3 heterocycles. The highest BCUT2D eigenvalue weighted by Crippen LogP contribution is 2.39. The van der Waals surface area contributed by atoms with Gasteiger partial charge in [0.15, 0.2) is 9.84 Å². The fraction of sp³-hybridized carbons (Fsp3) is 0.370. The number of halogens is 2. The Morgan fingerprint density at radius 2 is 1.84 bits per heavy atom. The highest BCUT2D eigenvalue weighted by molar-refractivity contribution is 7.91. The first-order chi connectivity index (χ1) is 17.5. The first-order valence-electron chi connectivity index (χ1n) is 12.2. The second kappa shape index (κ2) is 9.57. The van der Waals surface area contributed by atoms with E-state index in [1.807, 2.05) is 13.0 Å². The molecule has 0 bridgehead atoms. The lowest BCUT2D eigenvalue weighted by Crippen LogP contribution is -2.48. The van der Waals surface area contributed by atoms with Crippen molar-refractivity contribution in [2.24, 2.45) is 11.7 Å². The van der Waals surface area contributed by atoms with Crippen molar-refractivity contribution >= 4 is 15.4 Å². The van der Waals surface area contributed by atoms with Crippen LogP contribution in [0, 0.1) is 24.5 Å². The molecule has 0 spiro atoms. The van der Waals surface area contributed by atoms with Crippen LogP contribution < -0.4 is 5.73 Å². The van der Waals surface area contributed by atoms with Crippen LogP contribution in [0.5, 0.6) is 0 Å². The molecule has 1 aromatic carbocycles. The average molecular weight is 526 g/mol. The lowest BCUT2D eigenvalue weighted by Gasteiger charge is -2.38. The van der Waals surface area contributed by atoms with Crippen LogP contribution in [-0.2, 0) is 16.3 Å². The van der Waals surface area contributed by atoms with Crippen LogP contribution in [0.4, 0.5) is 8.78 Å². The highest BCUT2D eigenvalue weighted by atomic mass is 32.2. The van der Waals surface area contributed by atoms with Gasteiger partial charge in [0.05, 0.1) is 28.2 Å². The van der Waals surface area contributed by atoms with Crippen molar-refractivity contribution < 1.29 is 17.2 Å². The summed E-state index contributed by atoms with van der Waals surface area (Å²) in [5.41, 5.74) is 9.52. The van der Waals surface area contributed by atoms with Gasteiger partial charge < -0.3 is 5.73 Å². The number of hydrogen-bond donors (Lipinski definition) is 1. The second-order valence-corrected chi connectivity index (χ2v) is 12.4. The topological polar surface area (TPSA) is 103 Å². The standard InChI is InChI=1S/C27H29F2N5O2S/c1-15-8-21(28)26(22(29)9-15)24-5-4-19-14-32-25(34(19)33-24)12-18-13-31-7-6-20(18)17-10-16(2)27(23(30)11-17)37(3,35)36/h4-9,13-14,16-17,23,27H,10-12,30H2,1-3H3/t16-,17+,23+,27-/m0/s1. The number of fused-ring (bicyclic) bond motifs is 1. The highest BCUT2D eigenvalue weighted by Gasteiger charge is 2.40. The third-order valence-electron chi connectivity index (χ3n) is 7.32. The van der Waals surface area contributed by atoms with Gasteiger partial charge in [0, 0.05) is 31.1 Å². The van der Waals surface area contributed by atoms with Gasteiger partial charge in [-0.25, -0.2) is 26.7 Å². The SMILES string of the molecule is Cc1cc(F)c(-c2ccc3cnc(Cc4cnccc4[C@H]4C[C@@H](N)[C@@H](S(C)(=O)=O)[C@@H](C)C4)n3n2)c(F)c1. The quantitative estimate of drug-likeness (QED) is 0.419. The molecule has 1 saturated carbocycles. The van der Waals surface area contributed by atoms with Crippen molar-refractivity contribution in [3.8, 4) is 11.3 Å². The molecule has 4 aromatic rings. The van der Waals surface area contributed by atoms with E-state index >= 15 is 0 Å². The van der Waals surface area contributed by atoms with Crippen LogP contribution in [0.2, 0.25) is 0 Å². The van der Waals surface area contributed by atoms with Crippen molar-refractivity contribution in [1.29, 1.82) is 0 Å². The minimum atomic E-state index is -3.25. The van der Waals surface area contributed by atoms with Crippen molar-refractivity contribution in [2.45, 2.75) is 50.3 Å². The van der Waals surface area contributed by atoms with Crippen LogP contribution in [0.3, 0.4) is 0 Å². The smallest absolute Gasteiger partial charge is 0.152 e. The van der Waals surface area contributed by atoms with Gasteiger partial charge in [-0.2, -0.15) is 5.10 Å². The lowest BCUT2D eigenvalue weighted by atomic mass is 9.75. The Morgan fingerprint density at radius 3 is 2.51 bits per heavy atom. The number of rotatable bonds is 5. The molecule has 0 amide bonds. The monoisotopic (exact) mass is 525 g/mol. The van der Waals surface area contributed by atoms with Crippen molar-refractivity contribution in [1.82, 2.24) is 19.6 Å². The second-order valence-electron chi connectivity index (χ2n) is 10.2. The van der Waals surface area contributed by atoms with Gasteiger partial charge in [0.1, 0.15) is 17.5 Å². The Labute approximate surface area is 214 Å². The Hall–Kier alpha value is -3.24. The van der Waals surface area contributed by atoms with Crippen LogP contribution in [0.15, 0.2) is 48.9 Å². The molecule has 7 nitrogen and oxygen atoms in total. The van der Waals surface area contributed by atoms with Gasteiger partial charge in [-0.3, -0.25) is 4.98 Å². The summed E-state index contributed by atoms with van der Waals surface area (Å²) >= 11 is 0.